The third kappa shape index (κ3) is 2.97. The monoisotopic (exact) mass is 386 g/mol. The van der Waals surface area contributed by atoms with E-state index in [1.54, 1.807) is 22.9 Å². The van der Waals surface area contributed by atoms with Gasteiger partial charge < -0.3 is 0 Å². The fraction of sp³-hybridized carbons (Fsp3) is 0. The second-order valence-corrected chi connectivity index (χ2v) is 7.16. The van der Waals surface area contributed by atoms with Crippen molar-refractivity contribution in [3.63, 3.8) is 0 Å². The van der Waals surface area contributed by atoms with Crippen LogP contribution < -0.4 is 5.43 Å². The Kier molecular flexibility index (Phi) is 4.18. The van der Waals surface area contributed by atoms with E-state index >= 15 is 0 Å². The first-order chi connectivity index (χ1) is 13.8. The summed E-state index contributed by atoms with van der Waals surface area (Å²) in [6.07, 6.45) is 0. The van der Waals surface area contributed by atoms with Gasteiger partial charge >= 0.3 is 0 Å². The molecule has 4 nitrogen and oxygen atoms in total. The Morgan fingerprint density at radius 2 is 1.43 bits per heavy atom. The molecule has 1 aliphatic heterocycles. The Balaban J connectivity index is 1.45. The van der Waals surface area contributed by atoms with Gasteiger partial charge in [0.15, 0.2) is 5.82 Å². The van der Waals surface area contributed by atoms with Crippen LogP contribution in [0.3, 0.4) is 0 Å². The van der Waals surface area contributed by atoms with Crippen molar-refractivity contribution >= 4 is 17.5 Å². The number of benzene rings is 3. The molecule has 2 heterocycles. The summed E-state index contributed by atoms with van der Waals surface area (Å²) >= 11 is 1.46. The predicted octanol–water partition coefficient (Wildman–Crippen LogP) is 5.40. The molecule has 0 amide bonds. The maximum absolute atomic E-state index is 14.2. The van der Waals surface area contributed by atoms with Gasteiger partial charge in [-0.1, -0.05) is 78.5 Å². The molecule has 0 saturated carbocycles. The third-order valence-corrected chi connectivity index (χ3v) is 5.39. The summed E-state index contributed by atoms with van der Waals surface area (Å²) in [5.41, 5.74) is 8.00. The summed E-state index contributed by atoms with van der Waals surface area (Å²) in [5, 5.41) is 11.0. The van der Waals surface area contributed by atoms with Crippen LogP contribution in [-0.2, 0) is 0 Å². The van der Waals surface area contributed by atoms with Gasteiger partial charge in [0.25, 0.3) is 0 Å². The number of fused-ring (bicyclic) bond motifs is 1. The highest BCUT2D eigenvalue weighted by molar-refractivity contribution is 8.02. The summed E-state index contributed by atoms with van der Waals surface area (Å²) in [5.74, 6) is 0.125. The number of nitrogens with one attached hydrogen (secondary N) is 1. The lowest BCUT2D eigenvalue weighted by Gasteiger charge is -2.19. The van der Waals surface area contributed by atoms with Crippen LogP contribution in [0.2, 0.25) is 0 Å². The van der Waals surface area contributed by atoms with Crippen molar-refractivity contribution in [1.82, 2.24) is 14.9 Å². The summed E-state index contributed by atoms with van der Waals surface area (Å²) in [6, 6.07) is 25.1. The molecule has 0 bridgehead atoms. The molecule has 0 aliphatic carbocycles. The average Bonchev–Trinajstić information content (AvgIpc) is 3.18. The molecule has 0 spiro atoms. The zero-order chi connectivity index (χ0) is 18.9. The van der Waals surface area contributed by atoms with Crippen molar-refractivity contribution < 1.29 is 4.39 Å². The Bertz CT molecular complexity index is 1170. The minimum absolute atomic E-state index is 0.326. The topological polar surface area (TPSA) is 42.7 Å². The van der Waals surface area contributed by atoms with E-state index in [9.17, 15) is 4.39 Å². The molecule has 0 saturated heterocycles. The molecule has 1 N–H and O–H groups in total. The summed E-state index contributed by atoms with van der Waals surface area (Å²) in [6.45, 7) is 0. The number of nitrogens with zero attached hydrogens (tertiary/aromatic N) is 3. The van der Waals surface area contributed by atoms with Gasteiger partial charge in [-0.15, -0.1) is 10.2 Å². The van der Waals surface area contributed by atoms with Crippen LogP contribution in [0, 0.1) is 5.82 Å². The maximum Gasteiger partial charge on any atom is 0.214 e. The number of halogens is 1. The molecule has 5 rings (SSSR count). The number of rotatable bonds is 3. The van der Waals surface area contributed by atoms with Gasteiger partial charge in [0.05, 0.1) is 11.3 Å². The molecule has 28 heavy (non-hydrogen) atoms. The maximum atomic E-state index is 14.2. The average molecular weight is 386 g/mol. The molecule has 3 aromatic carbocycles. The zero-order valence-electron chi connectivity index (χ0n) is 14.7. The summed E-state index contributed by atoms with van der Waals surface area (Å²) in [4.78, 5) is 0. The fourth-order valence-corrected chi connectivity index (χ4v) is 3.87. The van der Waals surface area contributed by atoms with Crippen LogP contribution in [-0.4, -0.2) is 14.9 Å². The van der Waals surface area contributed by atoms with Crippen LogP contribution in [0.15, 0.2) is 89.4 Å². The van der Waals surface area contributed by atoms with Crippen LogP contribution in [0.1, 0.15) is 5.56 Å². The van der Waals surface area contributed by atoms with Gasteiger partial charge in [-0.2, -0.15) is 0 Å². The van der Waals surface area contributed by atoms with E-state index in [0.717, 1.165) is 16.8 Å². The van der Waals surface area contributed by atoms with E-state index in [4.69, 9.17) is 0 Å². The number of hydrogen-bond donors (Lipinski definition) is 1. The lowest BCUT2D eigenvalue weighted by molar-refractivity contribution is 0.628. The lowest BCUT2D eigenvalue weighted by atomic mass is 10.0. The summed E-state index contributed by atoms with van der Waals surface area (Å²) in [7, 11) is 0. The van der Waals surface area contributed by atoms with Gasteiger partial charge in [0.1, 0.15) is 5.82 Å². The Morgan fingerprint density at radius 1 is 0.750 bits per heavy atom. The Labute approximate surface area is 165 Å². The van der Waals surface area contributed by atoms with Crippen molar-refractivity contribution in [2.75, 3.05) is 5.43 Å². The van der Waals surface area contributed by atoms with Crippen molar-refractivity contribution in [2.45, 2.75) is 5.16 Å². The minimum atomic E-state index is -0.326. The van der Waals surface area contributed by atoms with E-state index in [1.807, 2.05) is 23.6 Å². The van der Waals surface area contributed by atoms with Gasteiger partial charge in [-0.05, 0) is 28.8 Å². The number of aromatic nitrogens is 3. The van der Waals surface area contributed by atoms with Crippen molar-refractivity contribution in [3.05, 3.63) is 95.7 Å². The quantitative estimate of drug-likeness (QED) is 0.512. The molecule has 4 aromatic rings. The van der Waals surface area contributed by atoms with Crippen LogP contribution in [0.5, 0.6) is 0 Å². The Morgan fingerprint density at radius 3 is 2.21 bits per heavy atom. The zero-order valence-corrected chi connectivity index (χ0v) is 15.5. The van der Waals surface area contributed by atoms with E-state index in [-0.39, 0.29) is 5.82 Å². The van der Waals surface area contributed by atoms with Gasteiger partial charge in [-0.25, -0.2) is 9.07 Å². The lowest BCUT2D eigenvalue weighted by Crippen LogP contribution is -2.18. The first-order valence-electron chi connectivity index (χ1n) is 8.79. The molecule has 0 atom stereocenters. The number of hydrogen-bond acceptors (Lipinski definition) is 4. The molecule has 0 fully saturated rings. The van der Waals surface area contributed by atoms with Crippen molar-refractivity contribution in [2.24, 2.45) is 0 Å². The van der Waals surface area contributed by atoms with Gasteiger partial charge in [0.2, 0.25) is 5.16 Å². The Hall–Kier alpha value is -3.38. The molecule has 1 aliphatic rings. The standard InChI is InChI=1S/C22H15FN4S/c23-19-9-5-4-8-18(19)21-24-25-22-27(21)26-20(14-28-22)17-12-10-16(11-13-17)15-6-2-1-3-7-15/h1-14,26H. The van der Waals surface area contributed by atoms with Crippen LogP contribution >= 0.6 is 11.8 Å². The first kappa shape index (κ1) is 16.8. The largest absolute Gasteiger partial charge is 0.289 e. The van der Waals surface area contributed by atoms with Crippen molar-refractivity contribution in [3.8, 4) is 22.5 Å². The van der Waals surface area contributed by atoms with Crippen LogP contribution in [0.4, 0.5) is 4.39 Å². The van der Waals surface area contributed by atoms with E-state index in [2.05, 4.69) is 52.0 Å². The van der Waals surface area contributed by atoms with Crippen LogP contribution in [0.25, 0.3) is 28.2 Å². The second-order valence-electron chi connectivity index (χ2n) is 6.33. The van der Waals surface area contributed by atoms with E-state index in [1.165, 1.54) is 23.4 Å². The van der Waals surface area contributed by atoms with E-state index in [0.29, 0.717) is 16.5 Å². The van der Waals surface area contributed by atoms with Gasteiger partial charge in [0, 0.05) is 5.41 Å². The SMILES string of the molecule is Fc1ccccc1-c1nnc2n1NC(c1ccc(-c3ccccc3)cc1)=CS2. The highest BCUT2D eigenvalue weighted by Crippen LogP contribution is 2.32. The fourth-order valence-electron chi connectivity index (χ4n) is 3.13. The highest BCUT2D eigenvalue weighted by atomic mass is 32.2. The minimum Gasteiger partial charge on any atom is -0.289 e. The second kappa shape index (κ2) is 6.98. The van der Waals surface area contributed by atoms with Gasteiger partial charge in [-0.3, -0.25) is 5.43 Å². The third-order valence-electron chi connectivity index (χ3n) is 4.57. The molecule has 6 heteroatoms. The predicted molar refractivity (Wildman–Crippen MR) is 110 cm³/mol. The molecule has 136 valence electrons. The van der Waals surface area contributed by atoms with Crippen molar-refractivity contribution in [1.29, 1.82) is 0 Å². The number of thioether (sulfide) groups is 1. The normalized spacial score (nSPS) is 12.8. The molecule has 1 aromatic heterocycles. The molecular formula is C22H15FN4S. The highest BCUT2D eigenvalue weighted by Gasteiger charge is 2.21. The molecule has 0 radical (unpaired) electrons. The molecule has 0 unspecified atom stereocenters. The molecular weight excluding hydrogens is 371 g/mol. The van der Waals surface area contributed by atoms with E-state index < -0.39 is 0 Å². The first-order valence-corrected chi connectivity index (χ1v) is 9.67. The smallest absolute Gasteiger partial charge is 0.214 e. The summed E-state index contributed by atoms with van der Waals surface area (Å²) < 4.78 is 15.9.